The number of fused-ring (bicyclic) bond motifs is 5. The van der Waals surface area contributed by atoms with E-state index in [0.29, 0.717) is 12.8 Å². The van der Waals surface area contributed by atoms with E-state index in [1.54, 1.807) is 26.0 Å². The van der Waals surface area contributed by atoms with Gasteiger partial charge in [-0.25, -0.2) is 0 Å². The molecule has 0 spiro atoms. The highest BCUT2D eigenvalue weighted by Crippen LogP contribution is 2.59. The van der Waals surface area contributed by atoms with E-state index in [4.69, 9.17) is 11.2 Å². The Hall–Kier alpha value is -2.20. The van der Waals surface area contributed by atoms with Gasteiger partial charge >= 0.3 is 0 Å². The van der Waals surface area contributed by atoms with Crippen LogP contribution in [0.15, 0.2) is 60.8 Å². The van der Waals surface area contributed by atoms with Crippen molar-refractivity contribution in [3.05, 3.63) is 83.1 Å². The van der Waals surface area contributed by atoms with E-state index in [9.17, 15) is 24.6 Å². The minimum Gasteiger partial charge on any atom is -0.393 e. The Morgan fingerprint density at radius 2 is 1.16 bits per heavy atom. The fourth-order valence-electron chi connectivity index (χ4n) is 6.96. The quantitative estimate of drug-likeness (QED) is 0.378. The van der Waals surface area contributed by atoms with Gasteiger partial charge in [0.2, 0.25) is 4.87 Å². The summed E-state index contributed by atoms with van der Waals surface area (Å²) in [7, 11) is 10.0. The molecule has 2 N–H and O–H groups in total. The van der Waals surface area contributed by atoms with E-state index < -0.39 is 35.5 Å². The Labute approximate surface area is 281 Å². The molecule has 0 radical (unpaired) electrons. The lowest BCUT2D eigenvalue weighted by molar-refractivity contribution is -0.165. The van der Waals surface area contributed by atoms with Crippen molar-refractivity contribution in [3.8, 4) is 0 Å². The van der Waals surface area contributed by atoms with Gasteiger partial charge in [-0.15, -0.1) is 0 Å². The zero-order valence-corrected chi connectivity index (χ0v) is 29.6. The monoisotopic (exact) mass is 704 g/mol. The van der Waals surface area contributed by atoms with Crippen molar-refractivity contribution >= 4 is 68.8 Å². The Morgan fingerprint density at radius 1 is 0.689 bits per heavy atom. The lowest BCUT2D eigenvalue weighted by Gasteiger charge is -2.58. The lowest BCUT2D eigenvalue weighted by Crippen LogP contribution is -2.77. The second kappa shape index (κ2) is 11.5. The minimum absolute atomic E-state index is 0.0310. The van der Waals surface area contributed by atoms with Gasteiger partial charge in [0, 0.05) is 46.7 Å². The molecule has 5 fully saturated rings. The molecule has 9 nitrogen and oxygen atoms in total. The molecule has 240 valence electrons. The first-order valence-electron chi connectivity index (χ1n) is 14.5. The first-order valence-corrected chi connectivity index (χ1v) is 20.1. The van der Waals surface area contributed by atoms with E-state index in [1.807, 2.05) is 24.1 Å². The number of likely N-dealkylation sites (N-methyl/N-ethyl adjacent to an activating group) is 4. The SMILES string of the molecule is C=C1N(C)[C@@]2(Cc3ccc(CCc4ccc(C[C@@]56SS[C@@](CO)(C(=O)N5C)N(C)C6=O)cc4)cc3)C(=O)N(C)[C@]1(CO)S2=S=S. The highest BCUT2D eigenvalue weighted by molar-refractivity contribution is 8.78. The van der Waals surface area contributed by atoms with Gasteiger partial charge in [-0.1, -0.05) is 75.4 Å². The highest BCUT2D eigenvalue weighted by Gasteiger charge is 2.72. The molecule has 1 unspecified atom stereocenters. The second-order valence-corrected chi connectivity index (χ2v) is 19.4. The van der Waals surface area contributed by atoms with Crippen molar-refractivity contribution < 1.29 is 24.6 Å². The van der Waals surface area contributed by atoms with Crippen LogP contribution in [0.5, 0.6) is 0 Å². The fourth-order valence-corrected chi connectivity index (χ4v) is 17.3. The molecule has 0 aliphatic carbocycles. The van der Waals surface area contributed by atoms with Crippen molar-refractivity contribution in [1.29, 1.82) is 0 Å². The molecule has 5 aliphatic rings. The average molecular weight is 705 g/mol. The maximum atomic E-state index is 13.6. The summed E-state index contributed by atoms with van der Waals surface area (Å²) in [5.41, 5.74) is 5.07. The fraction of sp³-hybridized carbons (Fsp3) is 0.452. The number of benzene rings is 2. The number of aliphatic hydroxyl groups excluding tert-OH is 2. The number of carbonyl (C=O) groups excluding carboxylic acids is 3. The van der Waals surface area contributed by atoms with Gasteiger partial charge in [-0.3, -0.25) is 14.4 Å². The largest absolute Gasteiger partial charge is 0.393 e. The molecule has 2 aromatic carbocycles. The van der Waals surface area contributed by atoms with E-state index in [2.05, 4.69) is 43.0 Å². The molecule has 5 saturated heterocycles. The number of carbonyl (C=O) groups is 3. The smallest absolute Gasteiger partial charge is 0.263 e. The summed E-state index contributed by atoms with van der Waals surface area (Å²) in [5.74, 6) is -0.453. The van der Waals surface area contributed by atoms with Crippen LogP contribution >= 0.6 is 21.6 Å². The molecule has 5 atom stereocenters. The Kier molecular flexibility index (Phi) is 8.36. The standard InChI is InChI=1S/C31H36N4O5S5/c1-20-31(19-37)35(5)27(40)30(32(20)2,45(31)44-41)17-24-14-10-22(11-15-24)7-6-21-8-12-23(13-9-21)16-28-25(38)34(4)29(18-36,43-42-28)26(39)33(28)3/h8-15,36-37H,1,6-7,16-19H2,2-5H3/t28-,29-,30+,31+,45?/m0/s1. The summed E-state index contributed by atoms with van der Waals surface area (Å²) in [4.78, 5) is 42.6. The first-order chi connectivity index (χ1) is 21.4. The van der Waals surface area contributed by atoms with Crippen LogP contribution in [0, 0.1) is 0 Å². The van der Waals surface area contributed by atoms with Gasteiger partial charge in [-0.05, 0) is 66.0 Å². The number of hydrogen-bond donors (Lipinski definition) is 2. The molecule has 5 aliphatic heterocycles. The summed E-state index contributed by atoms with van der Waals surface area (Å²) in [6, 6.07) is 16.5. The van der Waals surface area contributed by atoms with E-state index in [1.165, 1.54) is 51.4 Å². The lowest BCUT2D eigenvalue weighted by atomic mass is 9.95. The summed E-state index contributed by atoms with van der Waals surface area (Å²) >= 11 is 5.46. The number of hydrogen-bond acceptors (Lipinski definition) is 9. The average Bonchev–Trinajstić information content (AvgIpc) is 3.36. The summed E-state index contributed by atoms with van der Waals surface area (Å²) in [6.45, 7) is 3.61. The summed E-state index contributed by atoms with van der Waals surface area (Å²) in [6.07, 6.45) is 2.54. The van der Waals surface area contributed by atoms with E-state index in [0.717, 1.165) is 29.7 Å². The molecule has 0 saturated carbocycles. The predicted molar refractivity (Wildman–Crippen MR) is 185 cm³/mol. The van der Waals surface area contributed by atoms with Crippen LogP contribution in [-0.4, -0.2) is 108 Å². The van der Waals surface area contributed by atoms with E-state index >= 15 is 0 Å². The van der Waals surface area contributed by atoms with Crippen LogP contribution in [-0.2, 0) is 69.6 Å². The first kappa shape index (κ1) is 32.7. The zero-order chi connectivity index (χ0) is 32.5. The van der Waals surface area contributed by atoms with E-state index in [-0.39, 0.29) is 24.3 Å². The van der Waals surface area contributed by atoms with Gasteiger partial charge in [-0.2, -0.15) is 0 Å². The Bertz CT molecular complexity index is 1670. The molecular formula is C31H36N4O5S5. The molecular weight excluding hydrogens is 669 g/mol. The summed E-state index contributed by atoms with van der Waals surface area (Å²) in [5, 5.41) is 20.3. The molecule has 14 heteroatoms. The maximum absolute atomic E-state index is 13.6. The van der Waals surface area contributed by atoms with Crippen molar-refractivity contribution in [2.24, 2.45) is 0 Å². The topological polar surface area (TPSA) is 105 Å². The van der Waals surface area contributed by atoms with Crippen LogP contribution in [0.3, 0.4) is 0 Å². The normalized spacial score (nSPS) is 32.4. The van der Waals surface area contributed by atoms with Gasteiger partial charge in [0.05, 0.1) is 13.2 Å². The van der Waals surface area contributed by atoms with Gasteiger partial charge in [0.1, 0.15) is 0 Å². The number of aryl methyl sites for hydroxylation is 2. The van der Waals surface area contributed by atoms with Crippen LogP contribution in [0.25, 0.3) is 0 Å². The van der Waals surface area contributed by atoms with Crippen molar-refractivity contribution in [3.63, 3.8) is 0 Å². The van der Waals surface area contributed by atoms with Crippen molar-refractivity contribution in [2.45, 2.75) is 45.2 Å². The third-order valence-corrected chi connectivity index (χ3v) is 19.6. The highest BCUT2D eigenvalue weighted by atomic mass is 33.1. The summed E-state index contributed by atoms with van der Waals surface area (Å²) < 4.78 is 0. The van der Waals surface area contributed by atoms with Crippen molar-refractivity contribution in [2.75, 3.05) is 41.4 Å². The third-order valence-electron chi connectivity index (χ3n) is 10.0. The molecule has 3 amide bonds. The van der Waals surface area contributed by atoms with Gasteiger partial charge in [0.25, 0.3) is 17.7 Å². The third kappa shape index (κ3) is 4.32. The predicted octanol–water partition coefficient (Wildman–Crippen LogP) is 1.66. The number of aliphatic hydroxyl groups is 2. The molecule has 45 heavy (non-hydrogen) atoms. The van der Waals surface area contributed by atoms with Crippen molar-refractivity contribution in [1.82, 2.24) is 19.6 Å². The molecule has 5 heterocycles. The second-order valence-electron chi connectivity index (χ2n) is 12.0. The molecule has 0 aromatic heterocycles. The van der Waals surface area contributed by atoms with Crippen LogP contribution < -0.4 is 0 Å². The van der Waals surface area contributed by atoms with Crippen LogP contribution in [0.4, 0.5) is 0 Å². The van der Waals surface area contributed by atoms with Crippen LogP contribution in [0.2, 0.25) is 0 Å². The zero-order valence-electron chi connectivity index (χ0n) is 25.5. The van der Waals surface area contributed by atoms with Gasteiger partial charge < -0.3 is 29.8 Å². The Morgan fingerprint density at radius 3 is 1.67 bits per heavy atom. The minimum atomic E-state index is -1.26. The number of amides is 3. The van der Waals surface area contributed by atoms with Crippen LogP contribution in [0.1, 0.15) is 22.3 Å². The maximum Gasteiger partial charge on any atom is 0.263 e. The number of nitrogens with zero attached hydrogens (tertiary/aromatic N) is 4. The van der Waals surface area contributed by atoms with Gasteiger partial charge in [0.15, 0.2) is 14.6 Å². The number of rotatable bonds is 9. The molecule has 2 aromatic rings. The number of piperazine rings is 2. The molecule has 4 bridgehead atoms. The molecule has 7 rings (SSSR count). The Balaban J connectivity index is 1.12.